The highest BCUT2D eigenvalue weighted by atomic mass is 16.3. The van der Waals surface area contributed by atoms with Gasteiger partial charge in [0.05, 0.1) is 31.2 Å². The Kier molecular flexibility index (Phi) is 5.08. The van der Waals surface area contributed by atoms with Crippen LogP contribution in [0.5, 0.6) is 0 Å². The van der Waals surface area contributed by atoms with E-state index in [0.717, 1.165) is 17.0 Å². The molecule has 1 aromatic carbocycles. The molecule has 0 spiro atoms. The van der Waals surface area contributed by atoms with E-state index in [1.165, 1.54) is 0 Å². The summed E-state index contributed by atoms with van der Waals surface area (Å²) in [7, 11) is 1.91. The fourth-order valence-corrected chi connectivity index (χ4v) is 2.43. The first-order chi connectivity index (χ1) is 11.7. The number of hydrogen-bond donors (Lipinski definition) is 1. The second kappa shape index (κ2) is 7.61. The van der Waals surface area contributed by atoms with E-state index >= 15 is 0 Å². The van der Waals surface area contributed by atoms with Gasteiger partial charge in [0, 0.05) is 18.3 Å². The molecule has 0 saturated heterocycles. The van der Waals surface area contributed by atoms with Crippen LogP contribution >= 0.6 is 0 Å². The average Bonchev–Trinajstić information content (AvgIpc) is 3.25. The summed E-state index contributed by atoms with van der Waals surface area (Å²) in [5.41, 5.74) is 2.07. The maximum atomic E-state index is 12.0. The zero-order valence-electron chi connectivity index (χ0n) is 13.6. The number of furan rings is 1. The molecular weight excluding hydrogens is 304 g/mol. The molecule has 6 heteroatoms. The Bertz CT molecular complexity index is 765. The van der Waals surface area contributed by atoms with Gasteiger partial charge in [0.25, 0.3) is 0 Å². The summed E-state index contributed by atoms with van der Waals surface area (Å²) in [5.74, 6) is 0.708. The summed E-state index contributed by atoms with van der Waals surface area (Å²) in [6.07, 6.45) is 5.40. The zero-order valence-corrected chi connectivity index (χ0v) is 13.6. The quantitative estimate of drug-likeness (QED) is 0.724. The van der Waals surface area contributed by atoms with Crippen molar-refractivity contribution in [3.63, 3.8) is 0 Å². The van der Waals surface area contributed by atoms with Crippen molar-refractivity contribution in [2.24, 2.45) is 0 Å². The smallest absolute Gasteiger partial charge is 0.234 e. The SMILES string of the molecule is CN(CC(=O)NCc1ccco1)Cc1cnn(-c2ccccc2)c1. The lowest BCUT2D eigenvalue weighted by Gasteiger charge is -2.14. The van der Waals surface area contributed by atoms with E-state index < -0.39 is 0 Å². The molecule has 0 fully saturated rings. The van der Waals surface area contributed by atoms with Crippen LogP contribution in [0, 0.1) is 0 Å². The van der Waals surface area contributed by atoms with Crippen molar-refractivity contribution in [2.45, 2.75) is 13.1 Å². The highest BCUT2D eigenvalue weighted by Crippen LogP contribution is 2.09. The van der Waals surface area contributed by atoms with Crippen LogP contribution in [0.25, 0.3) is 5.69 Å². The van der Waals surface area contributed by atoms with Crippen molar-refractivity contribution in [2.75, 3.05) is 13.6 Å². The minimum atomic E-state index is -0.0376. The van der Waals surface area contributed by atoms with E-state index in [1.807, 2.05) is 65.4 Å². The number of aromatic nitrogens is 2. The van der Waals surface area contributed by atoms with Gasteiger partial charge in [-0.1, -0.05) is 18.2 Å². The maximum absolute atomic E-state index is 12.0. The third-order valence-electron chi connectivity index (χ3n) is 3.56. The van der Waals surface area contributed by atoms with E-state index in [9.17, 15) is 4.79 Å². The third kappa shape index (κ3) is 4.33. The number of hydrogen-bond acceptors (Lipinski definition) is 4. The minimum Gasteiger partial charge on any atom is -0.467 e. The standard InChI is InChI=1S/C18H20N4O2/c1-21(14-18(23)19-11-17-8-5-9-24-17)12-15-10-20-22(13-15)16-6-3-2-4-7-16/h2-10,13H,11-12,14H2,1H3,(H,19,23). The minimum absolute atomic E-state index is 0.0376. The fraction of sp³-hybridized carbons (Fsp3) is 0.222. The van der Waals surface area contributed by atoms with Crippen LogP contribution in [0.15, 0.2) is 65.5 Å². The third-order valence-corrected chi connectivity index (χ3v) is 3.56. The number of nitrogens with zero attached hydrogens (tertiary/aromatic N) is 3. The second-order valence-electron chi connectivity index (χ2n) is 5.66. The first-order valence-corrected chi connectivity index (χ1v) is 7.77. The molecule has 0 aliphatic heterocycles. The molecule has 3 aromatic rings. The predicted molar refractivity (Wildman–Crippen MR) is 90.5 cm³/mol. The summed E-state index contributed by atoms with van der Waals surface area (Å²) in [4.78, 5) is 13.9. The van der Waals surface area contributed by atoms with Gasteiger partial charge in [0.2, 0.25) is 5.91 Å². The van der Waals surface area contributed by atoms with Crippen molar-refractivity contribution >= 4 is 5.91 Å². The molecule has 0 saturated carbocycles. The number of para-hydroxylation sites is 1. The Morgan fingerprint density at radius 1 is 1.25 bits per heavy atom. The van der Waals surface area contributed by atoms with Crippen molar-refractivity contribution in [1.29, 1.82) is 0 Å². The van der Waals surface area contributed by atoms with Gasteiger partial charge in [-0.05, 0) is 31.3 Å². The van der Waals surface area contributed by atoms with Crippen LogP contribution in [0.1, 0.15) is 11.3 Å². The van der Waals surface area contributed by atoms with Gasteiger partial charge in [0.15, 0.2) is 0 Å². The molecule has 1 amide bonds. The number of carbonyl (C=O) groups excluding carboxylic acids is 1. The van der Waals surface area contributed by atoms with E-state index in [4.69, 9.17) is 4.42 Å². The summed E-state index contributed by atoms with van der Waals surface area (Å²) in [5, 5.41) is 7.20. The number of rotatable bonds is 7. The van der Waals surface area contributed by atoms with Gasteiger partial charge in [0.1, 0.15) is 5.76 Å². The van der Waals surface area contributed by atoms with Gasteiger partial charge in [-0.2, -0.15) is 5.10 Å². The normalized spacial score (nSPS) is 10.9. The van der Waals surface area contributed by atoms with Gasteiger partial charge in [-0.25, -0.2) is 4.68 Å². The average molecular weight is 324 g/mol. The highest BCUT2D eigenvalue weighted by molar-refractivity contribution is 5.77. The van der Waals surface area contributed by atoms with Gasteiger partial charge in [-0.3, -0.25) is 9.69 Å². The Morgan fingerprint density at radius 2 is 2.08 bits per heavy atom. The predicted octanol–water partition coefficient (Wildman–Crippen LogP) is 2.21. The van der Waals surface area contributed by atoms with Crippen LogP contribution in [0.3, 0.4) is 0 Å². The molecular formula is C18H20N4O2. The first-order valence-electron chi connectivity index (χ1n) is 7.77. The first kappa shape index (κ1) is 16.0. The maximum Gasteiger partial charge on any atom is 0.234 e. The molecule has 0 radical (unpaired) electrons. The molecule has 0 aliphatic carbocycles. The number of benzene rings is 1. The van der Waals surface area contributed by atoms with E-state index in [-0.39, 0.29) is 5.91 Å². The highest BCUT2D eigenvalue weighted by Gasteiger charge is 2.09. The van der Waals surface area contributed by atoms with E-state index in [1.54, 1.807) is 12.3 Å². The number of likely N-dealkylation sites (N-methyl/N-ethyl adjacent to an activating group) is 1. The second-order valence-corrected chi connectivity index (χ2v) is 5.66. The summed E-state index contributed by atoms with van der Waals surface area (Å²) in [6.45, 7) is 1.38. The Labute approximate surface area is 140 Å². The number of carbonyl (C=O) groups is 1. The van der Waals surface area contributed by atoms with Crippen LogP contribution < -0.4 is 5.32 Å². The Morgan fingerprint density at radius 3 is 2.83 bits per heavy atom. The van der Waals surface area contributed by atoms with Gasteiger partial charge in [-0.15, -0.1) is 0 Å². The lowest BCUT2D eigenvalue weighted by molar-refractivity contribution is -0.122. The lowest BCUT2D eigenvalue weighted by atomic mass is 10.3. The molecule has 2 aromatic heterocycles. The molecule has 0 atom stereocenters. The van der Waals surface area contributed by atoms with E-state index in [2.05, 4.69) is 10.4 Å². The van der Waals surface area contributed by atoms with Crippen molar-refractivity contribution in [3.8, 4) is 5.69 Å². The summed E-state index contributed by atoms with van der Waals surface area (Å²) >= 11 is 0. The number of amides is 1. The fourth-order valence-electron chi connectivity index (χ4n) is 2.43. The molecule has 3 rings (SSSR count). The van der Waals surface area contributed by atoms with Crippen molar-refractivity contribution in [1.82, 2.24) is 20.0 Å². The summed E-state index contributed by atoms with van der Waals surface area (Å²) in [6, 6.07) is 13.6. The Balaban J connectivity index is 1.49. The molecule has 124 valence electrons. The monoisotopic (exact) mass is 324 g/mol. The van der Waals surface area contributed by atoms with Crippen LogP contribution in [-0.4, -0.2) is 34.2 Å². The van der Waals surface area contributed by atoms with Gasteiger partial charge >= 0.3 is 0 Å². The topological polar surface area (TPSA) is 63.3 Å². The lowest BCUT2D eigenvalue weighted by Crippen LogP contribution is -2.34. The van der Waals surface area contributed by atoms with Crippen LogP contribution in [0.2, 0.25) is 0 Å². The van der Waals surface area contributed by atoms with Crippen molar-refractivity contribution in [3.05, 3.63) is 72.4 Å². The van der Waals surface area contributed by atoms with E-state index in [0.29, 0.717) is 19.6 Å². The number of nitrogens with one attached hydrogen (secondary N) is 1. The Hall–Kier alpha value is -2.86. The molecule has 1 N–H and O–H groups in total. The molecule has 0 unspecified atom stereocenters. The summed E-state index contributed by atoms with van der Waals surface area (Å²) < 4.78 is 7.02. The molecule has 6 nitrogen and oxygen atoms in total. The zero-order chi connectivity index (χ0) is 16.8. The van der Waals surface area contributed by atoms with Crippen LogP contribution in [0.4, 0.5) is 0 Å². The molecule has 24 heavy (non-hydrogen) atoms. The van der Waals surface area contributed by atoms with Gasteiger partial charge < -0.3 is 9.73 Å². The molecule has 0 bridgehead atoms. The van der Waals surface area contributed by atoms with Crippen molar-refractivity contribution < 1.29 is 9.21 Å². The molecule has 2 heterocycles. The van der Waals surface area contributed by atoms with Crippen LogP contribution in [-0.2, 0) is 17.9 Å². The largest absolute Gasteiger partial charge is 0.467 e. The molecule has 0 aliphatic rings.